The molecule has 0 fully saturated rings. The summed E-state index contributed by atoms with van der Waals surface area (Å²) in [7, 11) is 0. The molecule has 0 aliphatic carbocycles. The molecule has 0 amide bonds. The van der Waals surface area contributed by atoms with Crippen LogP contribution in [-0.2, 0) is 0 Å². The van der Waals surface area contributed by atoms with Crippen molar-refractivity contribution in [3.05, 3.63) is 71.6 Å². The Morgan fingerprint density at radius 3 is 2.50 bits per heavy atom. The van der Waals surface area contributed by atoms with Crippen molar-refractivity contribution in [2.45, 2.75) is 0 Å². The van der Waals surface area contributed by atoms with Crippen LogP contribution in [0.15, 0.2) is 42.6 Å². The van der Waals surface area contributed by atoms with Gasteiger partial charge in [0.25, 0.3) is 0 Å². The van der Waals surface area contributed by atoms with Gasteiger partial charge in [-0.25, -0.2) is 8.78 Å². The average Bonchev–Trinajstić information content (AvgIpc) is 2.29. The molecule has 0 spiro atoms. The number of aliphatic hydroxyl groups is 1. The molecule has 1 N–H and O–H groups in total. The summed E-state index contributed by atoms with van der Waals surface area (Å²) >= 11 is 0. The Morgan fingerprint density at radius 1 is 1.06 bits per heavy atom. The highest BCUT2D eigenvalue weighted by atomic mass is 19.1. The first kappa shape index (κ1) is 10.7. The molecule has 0 saturated heterocycles. The van der Waals surface area contributed by atoms with Crippen molar-refractivity contribution >= 4 is 0 Å². The van der Waals surface area contributed by atoms with E-state index in [9.17, 15) is 13.9 Å². The number of halogens is 2. The van der Waals surface area contributed by atoms with Gasteiger partial charge in [0.2, 0.25) is 0 Å². The van der Waals surface area contributed by atoms with Crippen molar-refractivity contribution in [2.75, 3.05) is 0 Å². The van der Waals surface area contributed by atoms with Crippen molar-refractivity contribution in [1.29, 1.82) is 0 Å². The lowest BCUT2D eigenvalue weighted by Crippen LogP contribution is -2.03. The van der Waals surface area contributed by atoms with E-state index in [-0.39, 0.29) is 11.8 Å². The van der Waals surface area contributed by atoms with Crippen molar-refractivity contribution in [1.82, 2.24) is 4.98 Å². The van der Waals surface area contributed by atoms with Gasteiger partial charge in [-0.3, -0.25) is 4.98 Å². The summed E-state index contributed by atoms with van der Waals surface area (Å²) in [6.45, 7) is 0. The Morgan fingerprint density at radius 2 is 1.88 bits per heavy atom. The molecule has 81 valence electrons. The molecule has 0 saturated carbocycles. The fourth-order valence-corrected chi connectivity index (χ4v) is 1.30. The number of nitrogens with zero attached hydrogens (tertiary/aromatic N) is 1. The Labute approximate surface area is 91.2 Å². The quantitative estimate of drug-likeness (QED) is 0.844. The lowest BCUT2D eigenvalue weighted by atomic mass is 10.1. The maximum absolute atomic E-state index is 12.9. The summed E-state index contributed by atoms with van der Waals surface area (Å²) in [6, 6.07) is 7.98. The van der Waals surface area contributed by atoms with Gasteiger partial charge < -0.3 is 5.11 Å². The average molecular weight is 220 g/mol. The van der Waals surface area contributed by atoms with Crippen LogP contribution in [0.5, 0.6) is 0 Å². The van der Waals surface area contributed by atoms with E-state index in [0.29, 0.717) is 5.56 Å². The number of benzene rings is 1. The summed E-state index contributed by atoms with van der Waals surface area (Å²) < 4.78 is 25.5. The minimum absolute atomic E-state index is 0.181. The molecule has 1 aromatic heterocycles. The molecule has 1 heterocycles. The van der Waals surface area contributed by atoms with E-state index in [0.717, 1.165) is 6.20 Å². The van der Waals surface area contributed by atoms with E-state index in [4.69, 9.17) is 0 Å². The normalized spacial score (nSPS) is 10.8. The fraction of sp³-hybridized carbons (Fsp3) is 0. The van der Waals surface area contributed by atoms with Crippen LogP contribution >= 0.6 is 0 Å². The molecule has 16 heavy (non-hydrogen) atoms. The van der Waals surface area contributed by atoms with E-state index in [1.165, 1.54) is 30.3 Å². The summed E-state index contributed by atoms with van der Waals surface area (Å²) in [5.74, 6) is -0.943. The molecule has 4 heteroatoms. The smallest absolute Gasteiger partial charge is 0.170 e. The van der Waals surface area contributed by atoms with E-state index < -0.39 is 11.6 Å². The van der Waals surface area contributed by atoms with Crippen LogP contribution in [-0.4, -0.2) is 10.1 Å². The van der Waals surface area contributed by atoms with Crippen LogP contribution in [0.3, 0.4) is 0 Å². The molecule has 0 aliphatic rings. The van der Waals surface area contributed by atoms with Gasteiger partial charge in [0.05, 0.1) is 11.9 Å². The standard InChI is InChI=1S/C12H8F2NO/c13-9-3-1-2-8(6-9)12(16)11-5-4-10(14)7-15-11/h1-7,16H. The predicted molar refractivity (Wildman–Crippen MR) is 54.0 cm³/mol. The van der Waals surface area contributed by atoms with Gasteiger partial charge in [-0.05, 0) is 29.8 Å². The topological polar surface area (TPSA) is 33.1 Å². The molecule has 1 aromatic carbocycles. The largest absolute Gasteiger partial charge is 0.375 e. The zero-order valence-corrected chi connectivity index (χ0v) is 8.19. The highest BCUT2D eigenvalue weighted by Crippen LogP contribution is 2.19. The Hall–Kier alpha value is -1.81. The third kappa shape index (κ3) is 2.23. The van der Waals surface area contributed by atoms with E-state index in [1.807, 2.05) is 0 Å². The molecule has 1 radical (unpaired) electrons. The lowest BCUT2D eigenvalue weighted by molar-refractivity contribution is 0.351. The lowest BCUT2D eigenvalue weighted by Gasteiger charge is -2.08. The van der Waals surface area contributed by atoms with Crippen LogP contribution in [0.4, 0.5) is 8.78 Å². The summed E-state index contributed by atoms with van der Waals surface area (Å²) in [5.41, 5.74) is 0.506. The van der Waals surface area contributed by atoms with Crippen molar-refractivity contribution in [3.63, 3.8) is 0 Å². The number of aliphatic hydroxyl groups excluding tert-OH is 1. The van der Waals surface area contributed by atoms with Gasteiger partial charge in [-0.2, -0.15) is 0 Å². The third-order valence-corrected chi connectivity index (χ3v) is 2.07. The molecule has 0 bridgehead atoms. The molecule has 2 aromatic rings. The maximum atomic E-state index is 12.9. The Balaban J connectivity index is 2.31. The summed E-state index contributed by atoms with van der Waals surface area (Å²) in [6.07, 6.45) is 0.810. The highest BCUT2D eigenvalue weighted by molar-refractivity contribution is 5.37. The third-order valence-electron chi connectivity index (χ3n) is 2.07. The zero-order valence-electron chi connectivity index (χ0n) is 8.19. The molecule has 2 nitrogen and oxygen atoms in total. The highest BCUT2D eigenvalue weighted by Gasteiger charge is 2.13. The van der Waals surface area contributed by atoms with Crippen LogP contribution in [0.25, 0.3) is 0 Å². The number of aromatic nitrogens is 1. The second kappa shape index (κ2) is 4.37. The van der Waals surface area contributed by atoms with Crippen molar-refractivity contribution in [2.24, 2.45) is 0 Å². The molecule has 2 rings (SSSR count). The summed E-state index contributed by atoms with van der Waals surface area (Å²) in [5, 5.41) is 9.77. The van der Waals surface area contributed by atoms with Gasteiger partial charge in [-0.1, -0.05) is 12.1 Å². The first-order chi connectivity index (χ1) is 7.66. The monoisotopic (exact) mass is 220 g/mol. The first-order valence-electron chi connectivity index (χ1n) is 4.60. The van der Waals surface area contributed by atoms with Crippen LogP contribution in [0.1, 0.15) is 11.3 Å². The second-order valence-corrected chi connectivity index (χ2v) is 3.22. The van der Waals surface area contributed by atoms with Crippen molar-refractivity contribution < 1.29 is 13.9 Å². The number of pyridine rings is 1. The minimum Gasteiger partial charge on any atom is -0.375 e. The maximum Gasteiger partial charge on any atom is 0.170 e. The molecular formula is C12H8F2NO. The number of hydrogen-bond donors (Lipinski definition) is 1. The van der Waals surface area contributed by atoms with Crippen LogP contribution < -0.4 is 0 Å². The van der Waals surface area contributed by atoms with Gasteiger partial charge in [0.15, 0.2) is 6.10 Å². The minimum atomic E-state index is -0.490. The predicted octanol–water partition coefficient (Wildman–Crippen LogP) is 2.66. The van der Waals surface area contributed by atoms with Crippen LogP contribution in [0.2, 0.25) is 0 Å². The zero-order chi connectivity index (χ0) is 11.5. The van der Waals surface area contributed by atoms with Gasteiger partial charge in [0.1, 0.15) is 11.6 Å². The van der Waals surface area contributed by atoms with E-state index >= 15 is 0 Å². The van der Waals surface area contributed by atoms with E-state index in [1.54, 1.807) is 6.07 Å². The van der Waals surface area contributed by atoms with Gasteiger partial charge >= 0.3 is 0 Å². The van der Waals surface area contributed by atoms with E-state index in [2.05, 4.69) is 4.98 Å². The molecule has 0 aliphatic heterocycles. The molecule has 0 unspecified atom stereocenters. The van der Waals surface area contributed by atoms with Crippen molar-refractivity contribution in [3.8, 4) is 0 Å². The Kier molecular flexibility index (Phi) is 2.92. The number of rotatable bonds is 2. The number of hydrogen-bond acceptors (Lipinski definition) is 2. The first-order valence-corrected chi connectivity index (χ1v) is 4.60. The van der Waals surface area contributed by atoms with Gasteiger partial charge in [-0.15, -0.1) is 0 Å². The molecular weight excluding hydrogens is 212 g/mol. The second-order valence-electron chi connectivity index (χ2n) is 3.22. The molecule has 0 atom stereocenters. The van der Waals surface area contributed by atoms with Crippen LogP contribution in [0, 0.1) is 17.7 Å². The van der Waals surface area contributed by atoms with Gasteiger partial charge in [0, 0.05) is 0 Å². The summed E-state index contributed by atoms with van der Waals surface area (Å²) in [4.78, 5) is 3.70. The fourth-order valence-electron chi connectivity index (χ4n) is 1.30. The Bertz CT molecular complexity index is 485. The SMILES string of the molecule is O[C](c1cccc(F)c1)c1ccc(F)cn1.